The van der Waals surface area contributed by atoms with Gasteiger partial charge in [-0.25, -0.2) is 4.98 Å². The third kappa shape index (κ3) is 2.76. The Kier molecular flexibility index (Phi) is 3.93. The number of hydrogen-bond donors (Lipinski definition) is 0. The number of aromatic nitrogens is 1. The molecule has 6 heteroatoms. The van der Waals surface area contributed by atoms with E-state index in [-0.39, 0.29) is 18.7 Å². The molecule has 0 aromatic carbocycles. The van der Waals surface area contributed by atoms with E-state index in [0.29, 0.717) is 0 Å². The minimum absolute atomic E-state index is 0.0676. The Balaban J connectivity index is 2.91. The molecule has 0 atom stereocenters. The van der Waals surface area contributed by atoms with Gasteiger partial charge in [0, 0.05) is 17.8 Å². The van der Waals surface area contributed by atoms with Crippen molar-refractivity contribution in [1.82, 2.24) is 9.88 Å². The van der Waals surface area contributed by atoms with Crippen molar-refractivity contribution in [3.63, 3.8) is 0 Å². The normalized spacial score (nSPS) is 8.94. The van der Waals surface area contributed by atoms with Crippen LogP contribution in [0.25, 0.3) is 0 Å². The molecule has 0 bridgehead atoms. The van der Waals surface area contributed by atoms with Crippen LogP contribution in [-0.2, 0) is 0 Å². The molecule has 0 fully saturated rings. The number of rotatable bonds is 3. The molecule has 0 radical (unpaired) electrons. The highest BCUT2D eigenvalue weighted by atomic mass is 19.1. The van der Waals surface area contributed by atoms with Crippen LogP contribution in [0.5, 0.6) is 0 Å². The number of carbonyl (C=O) groups is 1. The summed E-state index contributed by atoms with van der Waals surface area (Å²) in [6.45, 7) is -0.424. The second-order valence-electron chi connectivity index (χ2n) is 2.84. The lowest BCUT2D eigenvalue weighted by atomic mass is 10.2. The van der Waals surface area contributed by atoms with Gasteiger partial charge in [-0.15, -0.1) is 0 Å². The molecule has 0 saturated carbocycles. The molecule has 5 nitrogen and oxygen atoms in total. The summed E-state index contributed by atoms with van der Waals surface area (Å²) in [5, 5.41) is 16.9. The first-order chi connectivity index (χ1) is 7.69. The molecule has 0 aliphatic rings. The van der Waals surface area contributed by atoms with Crippen molar-refractivity contribution in [1.29, 1.82) is 10.5 Å². The quantitative estimate of drug-likeness (QED) is 0.552. The van der Waals surface area contributed by atoms with Gasteiger partial charge in [0.15, 0.2) is 0 Å². The van der Waals surface area contributed by atoms with Crippen LogP contribution in [0.1, 0.15) is 10.4 Å². The Morgan fingerprint density at radius 2 is 2.06 bits per heavy atom. The summed E-state index contributed by atoms with van der Waals surface area (Å²) in [7, 11) is 0. The lowest BCUT2D eigenvalue weighted by molar-refractivity contribution is 0.0794. The molecular weight excluding hydrogens is 211 g/mol. The van der Waals surface area contributed by atoms with Crippen LogP contribution in [0.4, 0.5) is 4.39 Å². The summed E-state index contributed by atoms with van der Waals surface area (Å²) < 4.78 is 12.8. The Morgan fingerprint density at radius 1 is 1.44 bits per heavy atom. The van der Waals surface area contributed by atoms with Gasteiger partial charge in [0.25, 0.3) is 5.91 Å². The summed E-state index contributed by atoms with van der Waals surface area (Å²) in [6, 6.07) is 5.81. The minimum Gasteiger partial charge on any atom is -0.312 e. The van der Waals surface area contributed by atoms with Gasteiger partial charge in [0.05, 0.1) is 12.1 Å². The van der Waals surface area contributed by atoms with E-state index in [1.165, 1.54) is 6.07 Å². The molecular formula is C10H7FN4O. The van der Waals surface area contributed by atoms with Crippen LogP contribution in [0.3, 0.4) is 0 Å². The summed E-state index contributed by atoms with van der Waals surface area (Å²) in [5.74, 6) is -1.34. The molecule has 16 heavy (non-hydrogen) atoms. The van der Waals surface area contributed by atoms with Gasteiger partial charge in [0.2, 0.25) is 5.95 Å². The number of hydrogen-bond acceptors (Lipinski definition) is 4. The topological polar surface area (TPSA) is 80.8 Å². The highest BCUT2D eigenvalue weighted by molar-refractivity contribution is 5.94. The molecule has 0 N–H and O–H groups in total. The predicted octanol–water partition coefficient (Wildman–Crippen LogP) is 0.710. The molecule has 1 heterocycles. The predicted molar refractivity (Wildman–Crippen MR) is 51.3 cm³/mol. The second-order valence-corrected chi connectivity index (χ2v) is 2.84. The highest BCUT2D eigenvalue weighted by Gasteiger charge is 2.15. The van der Waals surface area contributed by atoms with Crippen LogP contribution in [0.15, 0.2) is 18.3 Å². The molecule has 0 aliphatic heterocycles. The zero-order valence-corrected chi connectivity index (χ0v) is 8.22. The number of nitrogens with zero attached hydrogens (tertiary/aromatic N) is 4. The number of halogens is 1. The molecule has 0 unspecified atom stereocenters. The SMILES string of the molecule is N#CCN(CC#N)C(=O)c1ccnc(F)c1. The Labute approximate surface area is 91.3 Å². The van der Waals surface area contributed by atoms with E-state index >= 15 is 0 Å². The van der Waals surface area contributed by atoms with Gasteiger partial charge in [-0.3, -0.25) is 4.79 Å². The molecule has 0 spiro atoms. The van der Waals surface area contributed by atoms with Crippen LogP contribution in [0, 0.1) is 28.6 Å². The summed E-state index contributed by atoms with van der Waals surface area (Å²) in [4.78, 5) is 16.0. The first kappa shape index (κ1) is 11.6. The average Bonchev–Trinajstić information content (AvgIpc) is 2.28. The fourth-order valence-corrected chi connectivity index (χ4v) is 1.09. The van der Waals surface area contributed by atoms with E-state index in [2.05, 4.69) is 4.98 Å². The van der Waals surface area contributed by atoms with Gasteiger partial charge in [-0.05, 0) is 6.07 Å². The summed E-state index contributed by atoms with van der Waals surface area (Å²) in [6.07, 6.45) is 1.15. The van der Waals surface area contributed by atoms with Crippen LogP contribution >= 0.6 is 0 Å². The smallest absolute Gasteiger partial charge is 0.255 e. The maximum absolute atomic E-state index is 12.8. The summed E-state index contributed by atoms with van der Waals surface area (Å²) in [5.41, 5.74) is 0.0676. The maximum atomic E-state index is 12.8. The van der Waals surface area contributed by atoms with Crippen LogP contribution in [0.2, 0.25) is 0 Å². The summed E-state index contributed by atoms with van der Waals surface area (Å²) >= 11 is 0. The Morgan fingerprint density at radius 3 is 2.56 bits per heavy atom. The largest absolute Gasteiger partial charge is 0.312 e. The molecule has 0 aliphatic carbocycles. The van der Waals surface area contributed by atoms with Crippen molar-refractivity contribution in [3.8, 4) is 12.1 Å². The molecule has 1 amide bonds. The monoisotopic (exact) mass is 218 g/mol. The lowest BCUT2D eigenvalue weighted by Crippen LogP contribution is -2.31. The third-order valence-electron chi connectivity index (χ3n) is 1.78. The fraction of sp³-hybridized carbons (Fsp3) is 0.200. The molecule has 0 saturated heterocycles. The van der Waals surface area contributed by atoms with Crippen molar-refractivity contribution in [3.05, 3.63) is 29.8 Å². The molecule has 80 valence electrons. The lowest BCUT2D eigenvalue weighted by Gasteiger charge is -2.15. The van der Waals surface area contributed by atoms with Crippen LogP contribution < -0.4 is 0 Å². The van der Waals surface area contributed by atoms with Crippen molar-refractivity contribution < 1.29 is 9.18 Å². The number of amides is 1. The molecule has 1 aromatic heterocycles. The minimum atomic E-state index is -0.778. The first-order valence-corrected chi connectivity index (χ1v) is 4.33. The van der Waals surface area contributed by atoms with Gasteiger partial charge in [0.1, 0.15) is 13.1 Å². The standard InChI is InChI=1S/C10H7FN4O/c11-9-7-8(1-4-14-9)10(16)15(5-2-12)6-3-13/h1,4,7H,5-6H2. The molecule has 1 rings (SSSR count). The van der Waals surface area contributed by atoms with E-state index in [4.69, 9.17) is 10.5 Å². The van der Waals surface area contributed by atoms with E-state index in [1.54, 1.807) is 12.1 Å². The number of nitriles is 2. The number of pyridine rings is 1. The van der Waals surface area contributed by atoms with E-state index in [9.17, 15) is 9.18 Å². The van der Waals surface area contributed by atoms with Gasteiger partial charge in [-0.2, -0.15) is 14.9 Å². The van der Waals surface area contributed by atoms with E-state index in [1.807, 2.05) is 0 Å². The van der Waals surface area contributed by atoms with Gasteiger partial charge in [-0.1, -0.05) is 0 Å². The molecule has 1 aromatic rings. The van der Waals surface area contributed by atoms with Gasteiger partial charge < -0.3 is 4.90 Å². The fourth-order valence-electron chi connectivity index (χ4n) is 1.09. The zero-order chi connectivity index (χ0) is 12.0. The van der Waals surface area contributed by atoms with E-state index < -0.39 is 11.9 Å². The first-order valence-electron chi connectivity index (χ1n) is 4.33. The Hall–Kier alpha value is -2.47. The highest BCUT2D eigenvalue weighted by Crippen LogP contribution is 2.05. The van der Waals surface area contributed by atoms with Crippen molar-refractivity contribution in [2.75, 3.05) is 13.1 Å². The van der Waals surface area contributed by atoms with Crippen LogP contribution in [-0.4, -0.2) is 28.9 Å². The Bertz CT molecular complexity index is 458. The van der Waals surface area contributed by atoms with Crippen molar-refractivity contribution in [2.24, 2.45) is 0 Å². The zero-order valence-electron chi connectivity index (χ0n) is 8.22. The van der Waals surface area contributed by atoms with Gasteiger partial charge >= 0.3 is 0 Å². The second kappa shape index (κ2) is 5.42. The van der Waals surface area contributed by atoms with Crippen molar-refractivity contribution >= 4 is 5.91 Å². The average molecular weight is 218 g/mol. The van der Waals surface area contributed by atoms with Crippen molar-refractivity contribution in [2.45, 2.75) is 0 Å². The third-order valence-corrected chi connectivity index (χ3v) is 1.78. The number of carbonyl (C=O) groups excluding carboxylic acids is 1. The van der Waals surface area contributed by atoms with E-state index in [0.717, 1.165) is 17.2 Å². The maximum Gasteiger partial charge on any atom is 0.255 e.